The maximum Gasteiger partial charge on any atom is 0.0512 e. The fourth-order valence-corrected chi connectivity index (χ4v) is 3.66. The quantitative estimate of drug-likeness (QED) is 0.789. The van der Waals surface area contributed by atoms with Crippen LogP contribution in [0.2, 0.25) is 0 Å². The van der Waals surface area contributed by atoms with Crippen LogP contribution in [0.1, 0.15) is 29.3 Å². The number of rotatable bonds is 1. The molecule has 0 aromatic carbocycles. The second kappa shape index (κ2) is 4.24. The summed E-state index contributed by atoms with van der Waals surface area (Å²) in [5, 5.41) is 5.89. The van der Waals surface area contributed by atoms with Crippen LogP contribution in [0.3, 0.4) is 0 Å². The van der Waals surface area contributed by atoms with E-state index in [1.165, 1.54) is 19.3 Å². The average Bonchev–Trinajstić information content (AvgIpc) is 2.78. The van der Waals surface area contributed by atoms with E-state index in [-0.39, 0.29) is 0 Å². The number of fused-ring (bicyclic) bond motifs is 1. The van der Waals surface area contributed by atoms with Gasteiger partial charge in [0.15, 0.2) is 0 Å². The summed E-state index contributed by atoms with van der Waals surface area (Å²) in [7, 11) is 0. The van der Waals surface area contributed by atoms with Gasteiger partial charge in [-0.2, -0.15) is 0 Å². The standard InChI is InChI=1S/C12H17NOS/c1-2-9(8-14-6-1)12-10-4-7-15-11(10)3-5-13-12/h4,7,9,12-13H,1-3,5-6,8H2. The van der Waals surface area contributed by atoms with Crippen LogP contribution in [-0.2, 0) is 11.2 Å². The van der Waals surface area contributed by atoms with Gasteiger partial charge in [-0.15, -0.1) is 11.3 Å². The van der Waals surface area contributed by atoms with E-state index < -0.39 is 0 Å². The Hall–Kier alpha value is -0.380. The van der Waals surface area contributed by atoms with Gasteiger partial charge in [0.2, 0.25) is 0 Å². The van der Waals surface area contributed by atoms with E-state index >= 15 is 0 Å². The van der Waals surface area contributed by atoms with Crippen LogP contribution in [0.15, 0.2) is 11.4 Å². The molecule has 2 aliphatic rings. The first-order valence-electron chi connectivity index (χ1n) is 5.82. The minimum atomic E-state index is 0.556. The van der Waals surface area contributed by atoms with E-state index in [2.05, 4.69) is 16.8 Å². The molecule has 0 saturated carbocycles. The minimum absolute atomic E-state index is 0.556. The van der Waals surface area contributed by atoms with E-state index in [0.29, 0.717) is 12.0 Å². The van der Waals surface area contributed by atoms with Gasteiger partial charge >= 0.3 is 0 Å². The Balaban J connectivity index is 1.82. The molecule has 1 aromatic heterocycles. The molecule has 1 aromatic rings. The van der Waals surface area contributed by atoms with Gasteiger partial charge in [0.05, 0.1) is 6.61 Å². The van der Waals surface area contributed by atoms with Crippen molar-refractivity contribution in [3.05, 3.63) is 21.9 Å². The maximum atomic E-state index is 5.59. The Kier molecular flexibility index (Phi) is 2.77. The first kappa shape index (κ1) is 9.82. The number of thiophene rings is 1. The Bertz CT molecular complexity index is 330. The molecule has 1 saturated heterocycles. The van der Waals surface area contributed by atoms with Gasteiger partial charge in [-0.25, -0.2) is 0 Å². The third kappa shape index (κ3) is 1.84. The molecular formula is C12H17NOS. The zero-order chi connectivity index (χ0) is 10.1. The second-order valence-electron chi connectivity index (χ2n) is 4.46. The second-order valence-corrected chi connectivity index (χ2v) is 5.46. The van der Waals surface area contributed by atoms with Gasteiger partial charge in [0, 0.05) is 30.0 Å². The SMILES string of the molecule is c1cc2c(s1)CCNC2C1CCCOC1. The van der Waals surface area contributed by atoms with Crippen LogP contribution in [0.25, 0.3) is 0 Å². The Morgan fingerprint density at radius 1 is 1.47 bits per heavy atom. The zero-order valence-corrected chi connectivity index (χ0v) is 9.69. The molecule has 3 rings (SSSR count). The summed E-state index contributed by atoms with van der Waals surface area (Å²) in [6.07, 6.45) is 3.74. The number of ether oxygens (including phenoxy) is 1. The van der Waals surface area contributed by atoms with Crippen molar-refractivity contribution in [3.63, 3.8) is 0 Å². The predicted molar refractivity (Wildman–Crippen MR) is 62.3 cm³/mol. The van der Waals surface area contributed by atoms with Crippen molar-refractivity contribution in [2.45, 2.75) is 25.3 Å². The fraction of sp³-hybridized carbons (Fsp3) is 0.667. The summed E-state index contributed by atoms with van der Waals surface area (Å²) in [5.41, 5.74) is 1.54. The third-order valence-corrected chi connectivity index (χ3v) is 4.49. The van der Waals surface area contributed by atoms with E-state index in [9.17, 15) is 0 Å². The lowest BCUT2D eigenvalue weighted by Gasteiger charge is -2.33. The van der Waals surface area contributed by atoms with Crippen LogP contribution in [0.5, 0.6) is 0 Å². The van der Waals surface area contributed by atoms with Gasteiger partial charge in [-0.05, 0) is 36.3 Å². The molecule has 15 heavy (non-hydrogen) atoms. The van der Waals surface area contributed by atoms with Crippen LogP contribution < -0.4 is 5.32 Å². The zero-order valence-electron chi connectivity index (χ0n) is 8.87. The first-order chi connectivity index (χ1) is 7.45. The molecule has 3 heterocycles. The summed E-state index contributed by atoms with van der Waals surface area (Å²) < 4.78 is 5.59. The lowest BCUT2D eigenvalue weighted by molar-refractivity contribution is 0.0382. The van der Waals surface area contributed by atoms with Gasteiger partial charge in [0.1, 0.15) is 0 Å². The topological polar surface area (TPSA) is 21.3 Å². The molecule has 2 nitrogen and oxygen atoms in total. The van der Waals surface area contributed by atoms with E-state index in [1.807, 2.05) is 11.3 Å². The highest BCUT2D eigenvalue weighted by Crippen LogP contribution is 2.35. The largest absolute Gasteiger partial charge is 0.381 e. The van der Waals surface area contributed by atoms with Crippen LogP contribution in [0, 0.1) is 5.92 Å². The van der Waals surface area contributed by atoms with Crippen LogP contribution >= 0.6 is 11.3 Å². The minimum Gasteiger partial charge on any atom is -0.381 e. The highest BCUT2D eigenvalue weighted by molar-refractivity contribution is 7.10. The van der Waals surface area contributed by atoms with Gasteiger partial charge < -0.3 is 10.1 Å². The average molecular weight is 223 g/mol. The van der Waals surface area contributed by atoms with Gasteiger partial charge in [-0.1, -0.05) is 0 Å². The maximum absolute atomic E-state index is 5.59. The molecule has 0 bridgehead atoms. The molecule has 2 unspecified atom stereocenters. The summed E-state index contributed by atoms with van der Waals surface area (Å²) >= 11 is 1.91. The lowest BCUT2D eigenvalue weighted by atomic mass is 9.87. The highest BCUT2D eigenvalue weighted by atomic mass is 32.1. The Morgan fingerprint density at radius 2 is 2.47 bits per heavy atom. The third-order valence-electron chi connectivity index (χ3n) is 3.50. The first-order valence-corrected chi connectivity index (χ1v) is 6.70. The van der Waals surface area contributed by atoms with Crippen molar-refractivity contribution in [1.82, 2.24) is 5.32 Å². The number of nitrogens with one attached hydrogen (secondary N) is 1. The molecular weight excluding hydrogens is 206 g/mol. The molecule has 2 atom stereocenters. The fourth-order valence-electron chi connectivity index (χ4n) is 2.73. The molecule has 1 fully saturated rings. The predicted octanol–water partition coefficient (Wildman–Crippen LogP) is 2.36. The van der Waals surface area contributed by atoms with Crippen molar-refractivity contribution < 1.29 is 4.74 Å². The molecule has 1 N–H and O–H groups in total. The molecule has 0 amide bonds. The molecule has 0 spiro atoms. The van der Waals surface area contributed by atoms with Crippen molar-refractivity contribution in [3.8, 4) is 0 Å². The molecule has 0 radical (unpaired) electrons. The van der Waals surface area contributed by atoms with E-state index in [4.69, 9.17) is 4.74 Å². The van der Waals surface area contributed by atoms with Crippen molar-refractivity contribution in [2.24, 2.45) is 5.92 Å². The lowest BCUT2D eigenvalue weighted by Crippen LogP contribution is -2.37. The van der Waals surface area contributed by atoms with Crippen molar-refractivity contribution in [1.29, 1.82) is 0 Å². The number of hydrogen-bond acceptors (Lipinski definition) is 3. The summed E-state index contributed by atoms with van der Waals surface area (Å²) in [6.45, 7) is 3.03. The van der Waals surface area contributed by atoms with Gasteiger partial charge in [0.25, 0.3) is 0 Å². The summed E-state index contributed by atoms with van der Waals surface area (Å²) in [4.78, 5) is 1.59. The number of hydrogen-bond donors (Lipinski definition) is 1. The Labute approximate surface area is 94.6 Å². The Morgan fingerprint density at radius 3 is 3.33 bits per heavy atom. The van der Waals surface area contributed by atoms with Gasteiger partial charge in [-0.3, -0.25) is 0 Å². The summed E-state index contributed by atoms with van der Waals surface area (Å²) in [5.74, 6) is 0.687. The van der Waals surface area contributed by atoms with E-state index in [0.717, 1.165) is 19.8 Å². The molecule has 2 aliphatic heterocycles. The van der Waals surface area contributed by atoms with E-state index in [1.54, 1.807) is 10.4 Å². The smallest absolute Gasteiger partial charge is 0.0512 e. The molecule has 0 aliphatic carbocycles. The molecule has 82 valence electrons. The van der Waals surface area contributed by atoms with Crippen molar-refractivity contribution >= 4 is 11.3 Å². The monoisotopic (exact) mass is 223 g/mol. The summed E-state index contributed by atoms with van der Waals surface area (Å²) in [6, 6.07) is 2.85. The van der Waals surface area contributed by atoms with Crippen LogP contribution in [0.4, 0.5) is 0 Å². The van der Waals surface area contributed by atoms with Crippen molar-refractivity contribution in [2.75, 3.05) is 19.8 Å². The highest BCUT2D eigenvalue weighted by Gasteiger charge is 2.29. The normalized spacial score (nSPS) is 31.2. The molecule has 3 heteroatoms. The van der Waals surface area contributed by atoms with Crippen LogP contribution in [-0.4, -0.2) is 19.8 Å².